The van der Waals surface area contributed by atoms with E-state index in [2.05, 4.69) is 5.32 Å². The van der Waals surface area contributed by atoms with Crippen LogP contribution in [0, 0.1) is 5.92 Å². The van der Waals surface area contributed by atoms with Crippen LogP contribution in [0.3, 0.4) is 0 Å². The molecular weight excluding hydrogens is 365 g/mol. The molecule has 0 radical (unpaired) electrons. The third kappa shape index (κ3) is 3.86. The fourth-order valence-electron chi connectivity index (χ4n) is 3.57. The van der Waals surface area contributed by atoms with Crippen molar-refractivity contribution >= 4 is 35.0 Å². The van der Waals surface area contributed by atoms with Crippen LogP contribution < -0.4 is 11.1 Å². The summed E-state index contributed by atoms with van der Waals surface area (Å²) in [6, 6.07) is 2.24. The van der Waals surface area contributed by atoms with E-state index in [0.717, 1.165) is 12.8 Å². The van der Waals surface area contributed by atoms with Crippen LogP contribution in [0.5, 0.6) is 5.75 Å². The number of aromatic hydroxyl groups is 1. The van der Waals surface area contributed by atoms with Gasteiger partial charge in [-0.25, -0.2) is 0 Å². The van der Waals surface area contributed by atoms with Crippen molar-refractivity contribution in [3.63, 3.8) is 0 Å². The van der Waals surface area contributed by atoms with Gasteiger partial charge in [0.1, 0.15) is 11.8 Å². The third-order valence-corrected chi connectivity index (χ3v) is 5.80. The van der Waals surface area contributed by atoms with Gasteiger partial charge in [-0.15, -0.1) is 0 Å². The molecule has 2 aliphatic rings. The van der Waals surface area contributed by atoms with Crippen LogP contribution >= 0.6 is 23.2 Å². The number of hydrogen-bond donors (Lipinski definition) is 3. The maximum atomic E-state index is 12.4. The van der Waals surface area contributed by atoms with Crippen LogP contribution in [0.4, 0.5) is 0 Å². The van der Waals surface area contributed by atoms with Gasteiger partial charge in [-0.3, -0.25) is 9.59 Å². The molecule has 1 aromatic rings. The van der Waals surface area contributed by atoms with Crippen LogP contribution in [0.15, 0.2) is 12.1 Å². The van der Waals surface area contributed by atoms with Gasteiger partial charge in [0, 0.05) is 37.2 Å². The number of halogens is 2. The Labute approximate surface area is 156 Å². The van der Waals surface area contributed by atoms with E-state index in [1.54, 1.807) is 11.0 Å². The highest BCUT2D eigenvalue weighted by molar-refractivity contribution is 6.42. The van der Waals surface area contributed by atoms with Crippen molar-refractivity contribution in [3.8, 4) is 5.75 Å². The van der Waals surface area contributed by atoms with Crippen LogP contribution in [0.25, 0.3) is 0 Å². The van der Waals surface area contributed by atoms with Gasteiger partial charge in [0.15, 0.2) is 0 Å². The van der Waals surface area contributed by atoms with E-state index in [1.807, 2.05) is 0 Å². The SMILES string of the molecule is N[C@@H](c1cc(Cl)c(Cl)cc1O)C1CCN(C(=O)[C@@H]2CCC(=O)N2)CC1. The lowest BCUT2D eigenvalue weighted by atomic mass is 9.85. The highest BCUT2D eigenvalue weighted by Crippen LogP contribution is 2.37. The maximum Gasteiger partial charge on any atom is 0.245 e. The fraction of sp³-hybridized carbons (Fsp3) is 0.529. The van der Waals surface area contributed by atoms with Crippen LogP contribution in [-0.2, 0) is 9.59 Å². The number of carbonyl (C=O) groups excluding carboxylic acids is 2. The van der Waals surface area contributed by atoms with Crippen molar-refractivity contribution in [2.24, 2.45) is 11.7 Å². The largest absolute Gasteiger partial charge is 0.508 e. The number of nitrogens with two attached hydrogens (primary N) is 1. The van der Waals surface area contributed by atoms with E-state index >= 15 is 0 Å². The number of amides is 2. The fourth-order valence-corrected chi connectivity index (χ4v) is 3.90. The molecule has 0 unspecified atom stereocenters. The van der Waals surface area contributed by atoms with E-state index in [9.17, 15) is 14.7 Å². The molecule has 0 spiro atoms. The van der Waals surface area contributed by atoms with E-state index < -0.39 is 6.04 Å². The standard InChI is InChI=1S/C17H21Cl2N3O3/c18-11-7-10(14(23)8-12(11)19)16(20)9-3-5-22(6-4-9)17(25)13-1-2-15(24)21-13/h7-9,13,16,23H,1-6,20H2,(H,21,24)/t13-,16+/m0/s1. The van der Waals surface area contributed by atoms with E-state index in [4.69, 9.17) is 28.9 Å². The summed E-state index contributed by atoms with van der Waals surface area (Å²) in [5.74, 6) is 0.0834. The number of nitrogens with zero attached hydrogens (tertiary/aromatic N) is 1. The van der Waals surface area contributed by atoms with Crippen molar-refractivity contribution < 1.29 is 14.7 Å². The first kappa shape index (κ1) is 18.3. The highest BCUT2D eigenvalue weighted by atomic mass is 35.5. The van der Waals surface area contributed by atoms with Gasteiger partial charge in [0.05, 0.1) is 10.0 Å². The number of carbonyl (C=O) groups is 2. The van der Waals surface area contributed by atoms with Crippen LogP contribution in [-0.4, -0.2) is 41.0 Å². The number of benzene rings is 1. The van der Waals surface area contributed by atoms with Crippen molar-refractivity contribution in [1.29, 1.82) is 0 Å². The van der Waals surface area contributed by atoms with Gasteiger partial charge >= 0.3 is 0 Å². The second-order valence-electron chi connectivity index (χ2n) is 6.67. The molecule has 0 bridgehead atoms. The van der Waals surface area contributed by atoms with E-state index in [0.29, 0.717) is 36.5 Å². The Bertz CT molecular complexity index is 690. The molecule has 1 aromatic carbocycles. The van der Waals surface area contributed by atoms with Gasteiger partial charge in [0.2, 0.25) is 11.8 Å². The molecule has 6 nitrogen and oxygen atoms in total. The predicted molar refractivity (Wildman–Crippen MR) is 95.5 cm³/mol. The number of phenols is 1. The van der Waals surface area contributed by atoms with Crippen LogP contribution in [0.1, 0.15) is 37.3 Å². The summed E-state index contributed by atoms with van der Waals surface area (Å²) in [6.07, 6.45) is 2.43. The summed E-state index contributed by atoms with van der Waals surface area (Å²) in [4.78, 5) is 25.5. The molecule has 2 saturated heterocycles. The molecule has 0 aliphatic carbocycles. The summed E-state index contributed by atoms with van der Waals surface area (Å²) < 4.78 is 0. The number of likely N-dealkylation sites (tertiary alicyclic amines) is 1. The molecule has 0 aromatic heterocycles. The first-order valence-corrected chi connectivity index (χ1v) is 9.14. The van der Waals surface area contributed by atoms with Crippen molar-refractivity contribution in [2.45, 2.75) is 37.8 Å². The zero-order valence-corrected chi connectivity index (χ0v) is 15.2. The minimum atomic E-state index is -0.392. The lowest BCUT2D eigenvalue weighted by Crippen LogP contribution is -2.48. The Morgan fingerprint density at radius 3 is 2.48 bits per heavy atom. The number of piperidine rings is 1. The summed E-state index contributed by atoms with van der Waals surface area (Å²) in [5, 5.41) is 13.5. The lowest BCUT2D eigenvalue weighted by Gasteiger charge is -2.36. The molecule has 8 heteroatoms. The van der Waals surface area contributed by atoms with Crippen molar-refractivity contribution in [2.75, 3.05) is 13.1 Å². The number of hydrogen-bond acceptors (Lipinski definition) is 4. The lowest BCUT2D eigenvalue weighted by molar-refractivity contribution is -0.135. The summed E-state index contributed by atoms with van der Waals surface area (Å²) >= 11 is 11.9. The Hall–Kier alpha value is -1.50. The first-order chi connectivity index (χ1) is 11.9. The van der Waals surface area contributed by atoms with Gasteiger partial charge in [-0.05, 0) is 31.2 Å². The average molecular weight is 386 g/mol. The maximum absolute atomic E-state index is 12.4. The molecule has 4 N–H and O–H groups in total. The Morgan fingerprint density at radius 2 is 1.88 bits per heavy atom. The Kier molecular flexibility index (Phi) is 5.41. The minimum Gasteiger partial charge on any atom is -0.508 e. The quantitative estimate of drug-likeness (QED) is 0.742. The molecule has 2 heterocycles. The number of nitrogens with one attached hydrogen (secondary N) is 1. The van der Waals surface area contributed by atoms with Gasteiger partial charge in [-0.2, -0.15) is 0 Å². The molecule has 2 atom stereocenters. The van der Waals surface area contributed by atoms with E-state index in [1.165, 1.54) is 6.07 Å². The minimum absolute atomic E-state index is 0.0183. The van der Waals surface area contributed by atoms with Crippen LogP contribution in [0.2, 0.25) is 10.0 Å². The molecular formula is C17H21Cl2N3O3. The number of phenolic OH excluding ortho intramolecular Hbond substituents is 1. The van der Waals surface area contributed by atoms with Crippen molar-refractivity contribution in [3.05, 3.63) is 27.7 Å². The molecule has 2 fully saturated rings. The monoisotopic (exact) mass is 385 g/mol. The number of rotatable bonds is 3. The zero-order chi connectivity index (χ0) is 18.1. The van der Waals surface area contributed by atoms with Gasteiger partial charge in [0.25, 0.3) is 0 Å². The molecule has 0 saturated carbocycles. The predicted octanol–water partition coefficient (Wildman–Crippen LogP) is 2.22. The second-order valence-corrected chi connectivity index (χ2v) is 7.49. The topological polar surface area (TPSA) is 95.7 Å². The van der Waals surface area contributed by atoms with Gasteiger partial charge in [-0.1, -0.05) is 23.2 Å². The van der Waals surface area contributed by atoms with Gasteiger partial charge < -0.3 is 21.1 Å². The average Bonchev–Trinajstić information content (AvgIpc) is 3.03. The Morgan fingerprint density at radius 1 is 1.24 bits per heavy atom. The normalized spacial score (nSPS) is 22.8. The zero-order valence-electron chi connectivity index (χ0n) is 13.7. The van der Waals surface area contributed by atoms with E-state index in [-0.39, 0.29) is 34.5 Å². The molecule has 2 aliphatic heterocycles. The molecule has 25 heavy (non-hydrogen) atoms. The van der Waals surface area contributed by atoms with Crippen molar-refractivity contribution in [1.82, 2.24) is 10.2 Å². The summed E-state index contributed by atoms with van der Waals surface area (Å²) in [5.41, 5.74) is 6.90. The first-order valence-electron chi connectivity index (χ1n) is 8.38. The summed E-state index contributed by atoms with van der Waals surface area (Å²) in [7, 11) is 0. The molecule has 2 amide bonds. The third-order valence-electron chi connectivity index (χ3n) is 5.08. The molecule has 3 rings (SSSR count). The smallest absolute Gasteiger partial charge is 0.245 e. The Balaban J connectivity index is 1.61. The highest BCUT2D eigenvalue weighted by Gasteiger charge is 2.34. The second kappa shape index (κ2) is 7.40. The summed E-state index contributed by atoms with van der Waals surface area (Å²) in [6.45, 7) is 1.18. The molecule has 136 valence electrons.